The van der Waals surface area contributed by atoms with E-state index in [9.17, 15) is 9.18 Å². The average molecular weight is 221 g/mol. The largest absolute Gasteiger partial charge is 0.326 e. The minimum atomic E-state index is -0.258. The third kappa shape index (κ3) is 2.67. The summed E-state index contributed by atoms with van der Waals surface area (Å²) in [6, 6.07) is 4.60. The lowest BCUT2D eigenvalue weighted by Gasteiger charge is -2.07. The van der Waals surface area contributed by atoms with E-state index in [0.717, 1.165) is 24.0 Å². The number of rotatable bonds is 5. The Balaban J connectivity index is 2.01. The number of halogens is 1. The van der Waals surface area contributed by atoms with Gasteiger partial charge in [0.1, 0.15) is 11.6 Å². The van der Waals surface area contributed by atoms with E-state index >= 15 is 0 Å². The van der Waals surface area contributed by atoms with Crippen molar-refractivity contribution in [2.24, 2.45) is 11.7 Å². The molecule has 1 aliphatic rings. The molecule has 1 saturated carbocycles. The van der Waals surface area contributed by atoms with Crippen LogP contribution in [-0.4, -0.2) is 5.78 Å². The molecule has 1 aromatic rings. The van der Waals surface area contributed by atoms with E-state index in [4.69, 9.17) is 5.73 Å². The molecule has 0 aliphatic heterocycles. The maximum absolute atomic E-state index is 13.1. The van der Waals surface area contributed by atoms with Crippen LogP contribution in [0.2, 0.25) is 0 Å². The lowest BCUT2D eigenvalue weighted by molar-refractivity contribution is -0.120. The molecule has 1 aliphatic carbocycles. The fourth-order valence-electron chi connectivity index (χ4n) is 1.89. The predicted octanol–water partition coefficient (Wildman–Crippen LogP) is 2.20. The molecule has 0 amide bonds. The Bertz CT molecular complexity index is 399. The second-order valence-electron chi connectivity index (χ2n) is 4.36. The smallest absolute Gasteiger partial charge is 0.136 e. The standard InChI is InChI=1S/C13H16FNO/c14-12-5-3-11(8-15)10(7-12)4-6-13(16)9-1-2-9/h3,5,7,9H,1-2,4,6,8,15H2. The Hall–Kier alpha value is -1.22. The lowest BCUT2D eigenvalue weighted by atomic mass is 10.00. The normalized spacial score (nSPS) is 15.1. The van der Waals surface area contributed by atoms with Gasteiger partial charge in [0.2, 0.25) is 0 Å². The number of Topliss-reactive ketones (excluding diaryl/α,β-unsaturated/α-hetero) is 1. The summed E-state index contributed by atoms with van der Waals surface area (Å²) in [6.45, 7) is 0.396. The van der Waals surface area contributed by atoms with Crippen LogP contribution in [0.5, 0.6) is 0 Å². The first-order valence-corrected chi connectivity index (χ1v) is 5.71. The molecular weight excluding hydrogens is 205 g/mol. The minimum Gasteiger partial charge on any atom is -0.326 e. The van der Waals surface area contributed by atoms with Gasteiger partial charge in [0.05, 0.1) is 0 Å². The van der Waals surface area contributed by atoms with Crippen molar-refractivity contribution < 1.29 is 9.18 Å². The van der Waals surface area contributed by atoms with E-state index < -0.39 is 0 Å². The van der Waals surface area contributed by atoms with Crippen LogP contribution in [0.15, 0.2) is 18.2 Å². The SMILES string of the molecule is NCc1ccc(F)cc1CCC(=O)C1CC1. The summed E-state index contributed by atoms with van der Waals surface area (Å²) >= 11 is 0. The number of ketones is 1. The zero-order chi connectivity index (χ0) is 11.5. The molecule has 2 N–H and O–H groups in total. The highest BCUT2D eigenvalue weighted by atomic mass is 19.1. The molecule has 0 heterocycles. The summed E-state index contributed by atoms with van der Waals surface area (Å²) in [5, 5.41) is 0. The molecule has 3 heteroatoms. The van der Waals surface area contributed by atoms with Gasteiger partial charge in [0.15, 0.2) is 0 Å². The average Bonchev–Trinajstić information content (AvgIpc) is 3.10. The number of aryl methyl sites for hydroxylation is 1. The van der Waals surface area contributed by atoms with Crippen molar-refractivity contribution >= 4 is 5.78 Å². The molecule has 0 saturated heterocycles. The monoisotopic (exact) mass is 221 g/mol. The summed E-state index contributed by atoms with van der Waals surface area (Å²) in [4.78, 5) is 11.5. The highest BCUT2D eigenvalue weighted by Crippen LogP contribution is 2.31. The second kappa shape index (κ2) is 4.74. The number of carbonyl (C=O) groups is 1. The summed E-state index contributed by atoms with van der Waals surface area (Å²) in [5.74, 6) is 0.341. The van der Waals surface area contributed by atoms with Crippen molar-refractivity contribution in [2.75, 3.05) is 0 Å². The molecule has 0 bridgehead atoms. The number of benzene rings is 1. The molecule has 1 aromatic carbocycles. The highest BCUT2D eigenvalue weighted by molar-refractivity contribution is 5.83. The summed E-state index contributed by atoms with van der Waals surface area (Å²) < 4.78 is 13.1. The topological polar surface area (TPSA) is 43.1 Å². The molecule has 2 nitrogen and oxygen atoms in total. The van der Waals surface area contributed by atoms with Crippen LogP contribution < -0.4 is 5.73 Å². The van der Waals surface area contributed by atoms with Gasteiger partial charge in [-0.1, -0.05) is 6.07 Å². The van der Waals surface area contributed by atoms with Crippen LogP contribution in [0.4, 0.5) is 4.39 Å². The quantitative estimate of drug-likeness (QED) is 0.828. The van der Waals surface area contributed by atoms with Crippen LogP contribution in [0.25, 0.3) is 0 Å². The third-order valence-corrected chi connectivity index (χ3v) is 3.06. The molecule has 0 atom stereocenters. The van der Waals surface area contributed by atoms with E-state index in [1.54, 1.807) is 6.07 Å². The number of hydrogen-bond acceptors (Lipinski definition) is 2. The first kappa shape index (κ1) is 11.3. The third-order valence-electron chi connectivity index (χ3n) is 3.06. The number of hydrogen-bond donors (Lipinski definition) is 1. The van der Waals surface area contributed by atoms with E-state index in [1.165, 1.54) is 12.1 Å². The first-order chi connectivity index (χ1) is 7.70. The molecule has 0 spiro atoms. The zero-order valence-corrected chi connectivity index (χ0v) is 9.21. The van der Waals surface area contributed by atoms with E-state index in [-0.39, 0.29) is 11.7 Å². The van der Waals surface area contributed by atoms with E-state index in [2.05, 4.69) is 0 Å². The second-order valence-corrected chi connectivity index (χ2v) is 4.36. The fourth-order valence-corrected chi connectivity index (χ4v) is 1.89. The molecule has 1 fully saturated rings. The Morgan fingerprint density at radius 2 is 2.12 bits per heavy atom. The van der Waals surface area contributed by atoms with Crippen LogP contribution in [0.1, 0.15) is 30.4 Å². The van der Waals surface area contributed by atoms with Crippen LogP contribution in [0, 0.1) is 11.7 Å². The van der Waals surface area contributed by atoms with Gasteiger partial charge in [-0.15, -0.1) is 0 Å². The molecule has 0 radical (unpaired) electrons. The van der Waals surface area contributed by atoms with Gasteiger partial charge in [-0.2, -0.15) is 0 Å². The summed E-state index contributed by atoms with van der Waals surface area (Å²) in [5.41, 5.74) is 7.38. The number of nitrogens with two attached hydrogens (primary N) is 1. The van der Waals surface area contributed by atoms with Crippen LogP contribution >= 0.6 is 0 Å². The Morgan fingerprint density at radius 1 is 1.38 bits per heavy atom. The zero-order valence-electron chi connectivity index (χ0n) is 9.21. The van der Waals surface area contributed by atoms with Gasteiger partial charge < -0.3 is 5.73 Å². The van der Waals surface area contributed by atoms with E-state index in [1.807, 2.05) is 0 Å². The maximum Gasteiger partial charge on any atom is 0.136 e. The van der Waals surface area contributed by atoms with Crippen LogP contribution in [0.3, 0.4) is 0 Å². The first-order valence-electron chi connectivity index (χ1n) is 5.71. The number of carbonyl (C=O) groups excluding carboxylic acids is 1. The van der Waals surface area contributed by atoms with Gasteiger partial charge in [-0.05, 0) is 42.5 Å². The van der Waals surface area contributed by atoms with Crippen molar-refractivity contribution in [1.82, 2.24) is 0 Å². The highest BCUT2D eigenvalue weighted by Gasteiger charge is 2.28. The van der Waals surface area contributed by atoms with Gasteiger partial charge in [-0.3, -0.25) is 4.79 Å². The Labute approximate surface area is 94.6 Å². The van der Waals surface area contributed by atoms with Gasteiger partial charge >= 0.3 is 0 Å². The van der Waals surface area contributed by atoms with Crippen molar-refractivity contribution in [3.05, 3.63) is 35.1 Å². The Morgan fingerprint density at radius 3 is 2.75 bits per heavy atom. The molecule has 0 unspecified atom stereocenters. The van der Waals surface area contributed by atoms with Gasteiger partial charge in [0.25, 0.3) is 0 Å². The lowest BCUT2D eigenvalue weighted by Crippen LogP contribution is -2.06. The Kier molecular flexibility index (Phi) is 3.34. The van der Waals surface area contributed by atoms with Crippen molar-refractivity contribution in [2.45, 2.75) is 32.2 Å². The van der Waals surface area contributed by atoms with Crippen molar-refractivity contribution in [3.8, 4) is 0 Å². The summed E-state index contributed by atoms with van der Waals surface area (Å²) in [7, 11) is 0. The molecule has 16 heavy (non-hydrogen) atoms. The molecular formula is C13H16FNO. The molecule has 0 aromatic heterocycles. The fraction of sp³-hybridized carbons (Fsp3) is 0.462. The molecule has 86 valence electrons. The van der Waals surface area contributed by atoms with Gasteiger partial charge in [0, 0.05) is 18.9 Å². The van der Waals surface area contributed by atoms with Gasteiger partial charge in [-0.25, -0.2) is 4.39 Å². The van der Waals surface area contributed by atoms with Crippen LogP contribution in [-0.2, 0) is 17.8 Å². The predicted molar refractivity (Wildman–Crippen MR) is 60.3 cm³/mol. The maximum atomic E-state index is 13.1. The van der Waals surface area contributed by atoms with Crippen molar-refractivity contribution in [3.63, 3.8) is 0 Å². The van der Waals surface area contributed by atoms with Crippen molar-refractivity contribution in [1.29, 1.82) is 0 Å². The minimum absolute atomic E-state index is 0.258. The van der Waals surface area contributed by atoms with E-state index in [0.29, 0.717) is 25.2 Å². The summed E-state index contributed by atoms with van der Waals surface area (Å²) in [6.07, 6.45) is 3.19. The molecule has 2 rings (SSSR count).